The minimum absolute atomic E-state index is 0.490. The van der Waals surface area contributed by atoms with E-state index in [4.69, 9.17) is 17.3 Å². The highest BCUT2D eigenvalue weighted by molar-refractivity contribution is 7.15. The predicted octanol–water partition coefficient (Wildman–Crippen LogP) is 4.65. The van der Waals surface area contributed by atoms with E-state index in [2.05, 4.69) is 43.5 Å². The summed E-state index contributed by atoms with van der Waals surface area (Å²) in [5.41, 5.74) is 10.5. The Labute approximate surface area is 111 Å². The molecule has 0 aliphatic rings. The van der Waals surface area contributed by atoms with Gasteiger partial charge in [0.25, 0.3) is 0 Å². The summed E-state index contributed by atoms with van der Waals surface area (Å²) in [5, 5.41) is 2.08. The summed E-state index contributed by atoms with van der Waals surface area (Å²) in [6.07, 6.45) is 0. The van der Waals surface area contributed by atoms with Gasteiger partial charge >= 0.3 is 0 Å². The van der Waals surface area contributed by atoms with Gasteiger partial charge in [0.15, 0.2) is 0 Å². The fourth-order valence-electron chi connectivity index (χ4n) is 1.84. The van der Waals surface area contributed by atoms with E-state index < -0.39 is 0 Å². The topological polar surface area (TPSA) is 26.0 Å². The van der Waals surface area contributed by atoms with Gasteiger partial charge in [0.05, 0.1) is 4.34 Å². The minimum Gasteiger partial charge on any atom is -0.326 e. The van der Waals surface area contributed by atoms with Crippen molar-refractivity contribution in [1.82, 2.24) is 0 Å². The van der Waals surface area contributed by atoms with E-state index >= 15 is 0 Å². The maximum atomic E-state index is 6.12. The predicted molar refractivity (Wildman–Crippen MR) is 76.7 cm³/mol. The van der Waals surface area contributed by atoms with Gasteiger partial charge in [-0.15, -0.1) is 11.3 Å². The first-order valence-electron chi connectivity index (χ1n) is 5.69. The van der Waals surface area contributed by atoms with Gasteiger partial charge in [-0.3, -0.25) is 0 Å². The van der Waals surface area contributed by atoms with Crippen LogP contribution < -0.4 is 5.73 Å². The maximum Gasteiger partial charge on any atom is 0.0979 e. The number of hydrogen-bond acceptors (Lipinski definition) is 2. The summed E-state index contributed by atoms with van der Waals surface area (Å²) < 4.78 is 0.801. The summed E-state index contributed by atoms with van der Waals surface area (Å²) in [4.78, 5) is 0. The van der Waals surface area contributed by atoms with Crippen LogP contribution in [0.25, 0.3) is 11.1 Å². The van der Waals surface area contributed by atoms with E-state index in [0.29, 0.717) is 12.5 Å². The third kappa shape index (κ3) is 2.54. The molecule has 0 saturated heterocycles. The number of hydrogen-bond donors (Lipinski definition) is 1. The van der Waals surface area contributed by atoms with Crippen LogP contribution in [0.15, 0.2) is 29.6 Å². The molecule has 0 aliphatic carbocycles. The molecule has 17 heavy (non-hydrogen) atoms. The van der Waals surface area contributed by atoms with Crippen LogP contribution in [0.4, 0.5) is 0 Å². The largest absolute Gasteiger partial charge is 0.326 e. The Hall–Kier alpha value is -0.830. The lowest BCUT2D eigenvalue weighted by Crippen LogP contribution is -1.97. The molecule has 0 aliphatic heterocycles. The van der Waals surface area contributed by atoms with Gasteiger partial charge in [-0.2, -0.15) is 0 Å². The van der Waals surface area contributed by atoms with Gasteiger partial charge in [0.2, 0.25) is 0 Å². The average molecular weight is 266 g/mol. The van der Waals surface area contributed by atoms with E-state index in [9.17, 15) is 0 Å². The molecule has 0 radical (unpaired) electrons. The molecule has 0 atom stereocenters. The molecule has 2 N–H and O–H groups in total. The number of nitrogens with two attached hydrogens (primary N) is 1. The molecule has 90 valence electrons. The smallest absolute Gasteiger partial charge is 0.0979 e. The van der Waals surface area contributed by atoms with Crippen LogP contribution in [0.3, 0.4) is 0 Å². The lowest BCUT2D eigenvalue weighted by Gasteiger charge is -2.07. The zero-order valence-electron chi connectivity index (χ0n) is 10.0. The van der Waals surface area contributed by atoms with E-state index in [-0.39, 0.29) is 0 Å². The normalized spacial score (nSPS) is 11.1. The molecular weight excluding hydrogens is 250 g/mol. The highest BCUT2D eigenvalue weighted by atomic mass is 35.5. The second-order valence-corrected chi connectivity index (χ2v) is 5.86. The first-order valence-corrected chi connectivity index (χ1v) is 6.95. The number of rotatable bonds is 3. The molecule has 0 unspecified atom stereocenters. The molecule has 1 aromatic carbocycles. The van der Waals surface area contributed by atoms with Crippen LogP contribution in [0.1, 0.15) is 30.9 Å². The Morgan fingerprint density at radius 2 is 1.88 bits per heavy atom. The first kappa shape index (κ1) is 12.6. The minimum atomic E-state index is 0.490. The van der Waals surface area contributed by atoms with Crippen molar-refractivity contribution in [2.45, 2.75) is 26.3 Å². The van der Waals surface area contributed by atoms with Crippen molar-refractivity contribution in [2.75, 3.05) is 0 Å². The van der Waals surface area contributed by atoms with Crippen molar-refractivity contribution in [2.24, 2.45) is 5.73 Å². The second kappa shape index (κ2) is 5.21. The maximum absolute atomic E-state index is 6.12. The highest BCUT2D eigenvalue weighted by Gasteiger charge is 2.10. The van der Waals surface area contributed by atoms with E-state index in [1.807, 2.05) is 0 Å². The van der Waals surface area contributed by atoms with Crippen molar-refractivity contribution in [3.05, 3.63) is 45.1 Å². The molecule has 0 saturated carbocycles. The van der Waals surface area contributed by atoms with E-state index in [1.54, 1.807) is 11.3 Å². The molecule has 0 amide bonds. The summed E-state index contributed by atoms with van der Waals surface area (Å²) in [5.74, 6) is 0.559. The van der Waals surface area contributed by atoms with Crippen LogP contribution in [-0.4, -0.2) is 0 Å². The van der Waals surface area contributed by atoms with Gasteiger partial charge in [-0.05, 0) is 22.6 Å². The van der Waals surface area contributed by atoms with Crippen LogP contribution >= 0.6 is 22.9 Å². The molecule has 0 fully saturated rings. The summed E-state index contributed by atoms with van der Waals surface area (Å²) in [6.45, 7) is 4.88. The van der Waals surface area contributed by atoms with E-state index in [0.717, 1.165) is 15.5 Å². The van der Waals surface area contributed by atoms with Crippen molar-refractivity contribution in [1.29, 1.82) is 0 Å². The fourth-order valence-corrected chi connectivity index (χ4v) is 2.99. The molecule has 1 nitrogen and oxygen atoms in total. The Balaban J connectivity index is 2.39. The van der Waals surface area contributed by atoms with Crippen molar-refractivity contribution in [3.8, 4) is 11.1 Å². The molecule has 0 bridgehead atoms. The third-order valence-corrected chi connectivity index (χ3v) is 4.24. The summed E-state index contributed by atoms with van der Waals surface area (Å²) >= 11 is 7.66. The molecular formula is C14H16ClNS. The molecule has 2 rings (SSSR count). The van der Waals surface area contributed by atoms with E-state index in [1.165, 1.54) is 11.1 Å². The van der Waals surface area contributed by atoms with Crippen molar-refractivity contribution in [3.63, 3.8) is 0 Å². The highest BCUT2D eigenvalue weighted by Crippen LogP contribution is 2.35. The van der Waals surface area contributed by atoms with Gasteiger partial charge in [-0.1, -0.05) is 49.7 Å². The Kier molecular flexibility index (Phi) is 3.87. The Bertz CT molecular complexity index is 499. The van der Waals surface area contributed by atoms with Crippen LogP contribution in [0, 0.1) is 0 Å². The second-order valence-electron chi connectivity index (χ2n) is 4.38. The number of halogens is 1. The summed E-state index contributed by atoms with van der Waals surface area (Å²) in [6, 6.07) is 8.64. The standard InChI is InChI=1S/C14H16ClNS/c1-9(2)10-3-5-11(6-4-10)13-8-17-14(15)12(13)7-16/h3-6,8-9H,7,16H2,1-2H3. The Morgan fingerprint density at radius 3 is 2.41 bits per heavy atom. The number of benzene rings is 1. The Morgan fingerprint density at radius 1 is 1.24 bits per heavy atom. The average Bonchev–Trinajstić information content (AvgIpc) is 2.70. The zero-order valence-corrected chi connectivity index (χ0v) is 11.6. The van der Waals surface area contributed by atoms with Crippen molar-refractivity contribution < 1.29 is 0 Å². The molecule has 1 heterocycles. The van der Waals surface area contributed by atoms with Gasteiger partial charge < -0.3 is 5.73 Å². The molecule has 2 aromatic rings. The van der Waals surface area contributed by atoms with Gasteiger partial charge in [-0.25, -0.2) is 0 Å². The van der Waals surface area contributed by atoms with Crippen molar-refractivity contribution >= 4 is 22.9 Å². The summed E-state index contributed by atoms with van der Waals surface area (Å²) in [7, 11) is 0. The lowest BCUT2D eigenvalue weighted by molar-refractivity contribution is 0.867. The quantitative estimate of drug-likeness (QED) is 0.859. The SMILES string of the molecule is CC(C)c1ccc(-c2csc(Cl)c2CN)cc1. The van der Waals surface area contributed by atoms with Crippen LogP contribution in [0.5, 0.6) is 0 Å². The van der Waals surface area contributed by atoms with Crippen LogP contribution in [-0.2, 0) is 6.54 Å². The molecule has 3 heteroatoms. The number of thiophene rings is 1. The first-order chi connectivity index (χ1) is 8.13. The monoisotopic (exact) mass is 265 g/mol. The fraction of sp³-hybridized carbons (Fsp3) is 0.286. The zero-order chi connectivity index (χ0) is 12.4. The molecule has 1 aromatic heterocycles. The molecule has 0 spiro atoms. The van der Waals surface area contributed by atoms with Gasteiger partial charge in [0.1, 0.15) is 0 Å². The third-order valence-electron chi connectivity index (χ3n) is 2.94. The van der Waals surface area contributed by atoms with Gasteiger partial charge in [0, 0.05) is 17.5 Å². The van der Waals surface area contributed by atoms with Crippen LogP contribution in [0.2, 0.25) is 4.34 Å². The lowest BCUT2D eigenvalue weighted by atomic mass is 9.98.